The molecule has 2 heterocycles. The number of carbonyl (C=O) groups is 2. The number of amides is 3. The van der Waals surface area contributed by atoms with Crippen LogP contribution >= 0.6 is 0 Å². The van der Waals surface area contributed by atoms with Crippen molar-refractivity contribution in [1.29, 1.82) is 0 Å². The molecule has 6 aliphatic rings. The number of nitrogens with zero attached hydrogens (tertiary/aromatic N) is 2. The SMILES string of the molecule is O=C(NC1C2CC3CC(C2)CC1C3)C1CCN(C(=O)N2CCC(O)CC2)CC1. The molecule has 6 nitrogen and oxygen atoms in total. The lowest BCUT2D eigenvalue weighted by molar-refractivity contribution is -0.130. The Morgan fingerprint density at radius 1 is 0.750 bits per heavy atom. The van der Waals surface area contributed by atoms with E-state index >= 15 is 0 Å². The smallest absolute Gasteiger partial charge is 0.320 e. The van der Waals surface area contributed by atoms with Crippen LogP contribution in [0.2, 0.25) is 0 Å². The van der Waals surface area contributed by atoms with Gasteiger partial charge in [0.05, 0.1) is 6.10 Å². The number of nitrogens with one attached hydrogen (secondary N) is 1. The molecule has 6 fully saturated rings. The van der Waals surface area contributed by atoms with Gasteiger partial charge in [-0.1, -0.05) is 0 Å². The highest BCUT2D eigenvalue weighted by atomic mass is 16.3. The Balaban J connectivity index is 1.11. The second-order valence-corrected chi connectivity index (χ2v) is 10.2. The summed E-state index contributed by atoms with van der Waals surface area (Å²) in [4.78, 5) is 29.4. The minimum Gasteiger partial charge on any atom is -0.393 e. The summed E-state index contributed by atoms with van der Waals surface area (Å²) < 4.78 is 0. The number of carbonyl (C=O) groups excluding carboxylic acids is 2. The summed E-state index contributed by atoms with van der Waals surface area (Å²) in [6.45, 7) is 2.65. The van der Waals surface area contributed by atoms with E-state index in [1.165, 1.54) is 32.1 Å². The van der Waals surface area contributed by atoms with Crippen LogP contribution in [0.25, 0.3) is 0 Å². The van der Waals surface area contributed by atoms with Crippen molar-refractivity contribution in [1.82, 2.24) is 15.1 Å². The van der Waals surface area contributed by atoms with E-state index in [0.29, 0.717) is 45.1 Å². The fourth-order valence-corrected chi connectivity index (χ4v) is 7.03. The van der Waals surface area contributed by atoms with Crippen molar-refractivity contribution in [2.75, 3.05) is 26.2 Å². The van der Waals surface area contributed by atoms with E-state index in [1.54, 1.807) is 0 Å². The molecule has 0 aromatic rings. The Morgan fingerprint density at radius 2 is 1.25 bits per heavy atom. The molecular weight excluding hydrogens is 354 g/mol. The molecular formula is C22H35N3O3. The molecule has 28 heavy (non-hydrogen) atoms. The van der Waals surface area contributed by atoms with E-state index < -0.39 is 0 Å². The van der Waals surface area contributed by atoms with E-state index in [2.05, 4.69) is 5.32 Å². The van der Waals surface area contributed by atoms with E-state index in [1.807, 2.05) is 9.80 Å². The number of hydrogen-bond donors (Lipinski definition) is 2. The van der Waals surface area contributed by atoms with Gasteiger partial charge in [-0.05, 0) is 81.5 Å². The molecule has 6 rings (SSSR count). The Hall–Kier alpha value is -1.30. The van der Waals surface area contributed by atoms with Crippen LogP contribution in [0, 0.1) is 29.6 Å². The van der Waals surface area contributed by atoms with E-state index in [-0.39, 0.29) is 24.0 Å². The number of rotatable bonds is 2. The van der Waals surface area contributed by atoms with Gasteiger partial charge < -0.3 is 20.2 Å². The maximum Gasteiger partial charge on any atom is 0.320 e. The summed E-state index contributed by atoms with van der Waals surface area (Å²) in [7, 11) is 0. The number of hydrogen-bond acceptors (Lipinski definition) is 3. The van der Waals surface area contributed by atoms with Gasteiger partial charge in [-0.3, -0.25) is 4.79 Å². The first-order chi connectivity index (χ1) is 13.6. The Bertz CT molecular complexity index is 580. The van der Waals surface area contributed by atoms with Crippen molar-refractivity contribution < 1.29 is 14.7 Å². The van der Waals surface area contributed by atoms with Crippen molar-refractivity contribution in [3.8, 4) is 0 Å². The Kier molecular flexibility index (Phi) is 5.02. The average molecular weight is 390 g/mol. The van der Waals surface area contributed by atoms with Crippen LogP contribution in [0.1, 0.15) is 57.8 Å². The zero-order valence-corrected chi connectivity index (χ0v) is 16.9. The van der Waals surface area contributed by atoms with Crippen molar-refractivity contribution in [2.24, 2.45) is 29.6 Å². The minimum atomic E-state index is -0.261. The summed E-state index contributed by atoms with van der Waals surface area (Å²) in [5.74, 6) is 3.60. The van der Waals surface area contributed by atoms with Gasteiger partial charge >= 0.3 is 6.03 Å². The number of aliphatic hydroxyl groups is 1. The highest BCUT2D eigenvalue weighted by Crippen LogP contribution is 2.53. The van der Waals surface area contributed by atoms with Crippen molar-refractivity contribution >= 4 is 11.9 Å². The molecule has 0 unspecified atom stereocenters. The average Bonchev–Trinajstić information content (AvgIpc) is 2.70. The van der Waals surface area contributed by atoms with Gasteiger partial charge in [-0.2, -0.15) is 0 Å². The molecule has 0 aromatic carbocycles. The first-order valence-electron chi connectivity index (χ1n) is 11.6. The predicted molar refractivity (Wildman–Crippen MR) is 105 cm³/mol. The van der Waals surface area contributed by atoms with E-state index in [0.717, 1.165) is 36.5 Å². The molecule has 3 amide bonds. The zero-order chi connectivity index (χ0) is 19.3. The first kappa shape index (κ1) is 18.7. The van der Waals surface area contributed by atoms with Gasteiger partial charge in [0, 0.05) is 38.1 Å². The summed E-state index contributed by atoms with van der Waals surface area (Å²) in [6.07, 6.45) is 9.41. The standard InChI is InChI=1S/C22H35N3O3/c26-19-3-7-25(8-4-19)22(28)24-5-1-16(2-6-24)21(27)23-20-17-10-14-9-15(12-17)13-18(20)11-14/h14-20,26H,1-13H2,(H,23,27). The molecule has 0 atom stereocenters. The second-order valence-electron chi connectivity index (χ2n) is 10.2. The van der Waals surface area contributed by atoms with Crippen molar-refractivity contribution in [3.05, 3.63) is 0 Å². The van der Waals surface area contributed by atoms with E-state index in [9.17, 15) is 14.7 Å². The van der Waals surface area contributed by atoms with Gasteiger partial charge in [0.1, 0.15) is 0 Å². The van der Waals surface area contributed by atoms with Crippen molar-refractivity contribution in [3.63, 3.8) is 0 Å². The first-order valence-corrected chi connectivity index (χ1v) is 11.6. The maximum absolute atomic E-state index is 13.0. The lowest BCUT2D eigenvalue weighted by atomic mass is 9.54. The molecule has 4 bridgehead atoms. The predicted octanol–water partition coefficient (Wildman–Crippen LogP) is 2.22. The molecule has 2 aliphatic heterocycles. The molecule has 0 aromatic heterocycles. The van der Waals surface area contributed by atoms with Crippen LogP contribution in [0.4, 0.5) is 4.79 Å². The quantitative estimate of drug-likeness (QED) is 0.761. The fraction of sp³-hybridized carbons (Fsp3) is 0.909. The summed E-state index contributed by atoms with van der Waals surface area (Å²) >= 11 is 0. The molecule has 2 saturated heterocycles. The normalized spacial score (nSPS) is 38.7. The van der Waals surface area contributed by atoms with Crippen LogP contribution in [0.15, 0.2) is 0 Å². The maximum atomic E-state index is 13.0. The van der Waals surface area contributed by atoms with Gasteiger partial charge in [-0.25, -0.2) is 4.79 Å². The molecule has 156 valence electrons. The molecule has 2 N–H and O–H groups in total. The minimum absolute atomic E-state index is 0.0596. The lowest BCUT2D eigenvalue weighted by Gasteiger charge is -2.54. The van der Waals surface area contributed by atoms with Crippen LogP contribution in [0.5, 0.6) is 0 Å². The fourth-order valence-electron chi connectivity index (χ4n) is 7.03. The summed E-state index contributed by atoms with van der Waals surface area (Å²) in [5, 5.41) is 13.1. The third-order valence-electron chi connectivity index (χ3n) is 8.41. The molecule has 0 spiro atoms. The highest BCUT2D eigenvalue weighted by Gasteiger charge is 2.49. The van der Waals surface area contributed by atoms with Gasteiger partial charge in [0.25, 0.3) is 0 Å². The largest absolute Gasteiger partial charge is 0.393 e. The molecule has 6 heteroatoms. The number of piperidine rings is 2. The van der Waals surface area contributed by atoms with Crippen LogP contribution in [0.3, 0.4) is 0 Å². The highest BCUT2D eigenvalue weighted by molar-refractivity contribution is 5.80. The summed E-state index contributed by atoms with van der Waals surface area (Å²) in [6, 6.07) is 0.506. The number of urea groups is 1. The lowest BCUT2D eigenvalue weighted by Crippen LogP contribution is -2.57. The topological polar surface area (TPSA) is 72.9 Å². The van der Waals surface area contributed by atoms with Gasteiger partial charge in [0.2, 0.25) is 5.91 Å². The van der Waals surface area contributed by atoms with Gasteiger partial charge in [0.15, 0.2) is 0 Å². The monoisotopic (exact) mass is 389 g/mol. The zero-order valence-electron chi connectivity index (χ0n) is 16.9. The third-order valence-corrected chi connectivity index (χ3v) is 8.41. The van der Waals surface area contributed by atoms with Crippen LogP contribution < -0.4 is 5.32 Å². The molecule has 4 aliphatic carbocycles. The van der Waals surface area contributed by atoms with E-state index in [4.69, 9.17) is 0 Å². The van der Waals surface area contributed by atoms with Crippen LogP contribution in [-0.4, -0.2) is 65.2 Å². The summed E-state index contributed by atoms with van der Waals surface area (Å²) in [5.41, 5.74) is 0. The number of likely N-dealkylation sites (tertiary alicyclic amines) is 2. The molecule has 0 radical (unpaired) electrons. The third kappa shape index (κ3) is 3.53. The Labute approximate surface area is 168 Å². The Morgan fingerprint density at radius 3 is 1.79 bits per heavy atom. The second kappa shape index (κ2) is 7.51. The van der Waals surface area contributed by atoms with Crippen molar-refractivity contribution in [2.45, 2.75) is 69.9 Å². The molecule has 4 saturated carbocycles. The number of aliphatic hydroxyl groups excluding tert-OH is 1. The van der Waals surface area contributed by atoms with Gasteiger partial charge in [-0.15, -0.1) is 0 Å². The van der Waals surface area contributed by atoms with Crippen LogP contribution in [-0.2, 0) is 4.79 Å².